The van der Waals surface area contributed by atoms with Gasteiger partial charge in [0.2, 0.25) is 5.91 Å². The number of amides is 1. The summed E-state index contributed by atoms with van der Waals surface area (Å²) in [5, 5.41) is 4.33. The molecule has 172 valence electrons. The Morgan fingerprint density at radius 1 is 0.970 bits per heavy atom. The van der Waals surface area contributed by atoms with Crippen LogP contribution in [-0.2, 0) is 24.3 Å². The quantitative estimate of drug-likeness (QED) is 0.571. The zero-order valence-electron chi connectivity index (χ0n) is 18.6. The Hall–Kier alpha value is -3.88. The minimum Gasteiger partial charge on any atom is -0.496 e. The third-order valence-corrected chi connectivity index (χ3v) is 5.66. The Labute approximate surface area is 190 Å². The highest BCUT2D eigenvalue weighted by atomic mass is 19.1. The van der Waals surface area contributed by atoms with Gasteiger partial charge in [-0.2, -0.15) is 5.10 Å². The van der Waals surface area contributed by atoms with Crippen LogP contribution in [0.2, 0.25) is 0 Å². The first-order valence-corrected chi connectivity index (χ1v) is 10.4. The van der Waals surface area contributed by atoms with Gasteiger partial charge < -0.3 is 19.1 Å². The van der Waals surface area contributed by atoms with E-state index < -0.39 is 11.4 Å². The van der Waals surface area contributed by atoms with Gasteiger partial charge in [0.05, 0.1) is 27.0 Å². The van der Waals surface area contributed by atoms with Crippen LogP contribution in [0.5, 0.6) is 17.2 Å². The van der Waals surface area contributed by atoms with E-state index in [4.69, 9.17) is 14.2 Å². The van der Waals surface area contributed by atoms with Gasteiger partial charge in [-0.25, -0.2) is 9.07 Å². The van der Waals surface area contributed by atoms with Gasteiger partial charge in [0, 0.05) is 30.8 Å². The van der Waals surface area contributed by atoms with Crippen molar-refractivity contribution in [1.82, 2.24) is 14.7 Å². The van der Waals surface area contributed by atoms with Crippen LogP contribution in [-0.4, -0.2) is 48.5 Å². The molecule has 0 saturated carbocycles. The van der Waals surface area contributed by atoms with Crippen molar-refractivity contribution < 1.29 is 23.4 Å². The van der Waals surface area contributed by atoms with Crippen LogP contribution in [0.1, 0.15) is 11.1 Å². The van der Waals surface area contributed by atoms with Crippen LogP contribution in [0, 0.1) is 5.82 Å². The van der Waals surface area contributed by atoms with Gasteiger partial charge >= 0.3 is 0 Å². The predicted molar refractivity (Wildman–Crippen MR) is 119 cm³/mol. The summed E-state index contributed by atoms with van der Waals surface area (Å²) in [6, 6.07) is 10.7. The maximum atomic E-state index is 13.5. The number of rotatable bonds is 6. The number of halogens is 1. The second kappa shape index (κ2) is 9.32. The van der Waals surface area contributed by atoms with E-state index in [1.165, 1.54) is 37.4 Å². The van der Waals surface area contributed by atoms with Gasteiger partial charge in [-0.1, -0.05) is 0 Å². The molecule has 9 heteroatoms. The SMILES string of the molecule is COc1cc2c(cc1OC)CN(C(=O)Cn1nc(-c3ccc(F)cc3OC)ccc1=O)CC2. The van der Waals surface area contributed by atoms with Crippen LogP contribution in [0.25, 0.3) is 11.3 Å². The lowest BCUT2D eigenvalue weighted by Gasteiger charge is -2.29. The molecule has 1 aromatic heterocycles. The van der Waals surface area contributed by atoms with E-state index in [1.54, 1.807) is 19.1 Å². The molecule has 0 bridgehead atoms. The highest BCUT2D eigenvalue weighted by molar-refractivity contribution is 5.76. The number of hydrogen-bond donors (Lipinski definition) is 0. The fourth-order valence-electron chi connectivity index (χ4n) is 3.91. The van der Waals surface area contributed by atoms with Crippen LogP contribution in [0.15, 0.2) is 47.3 Å². The van der Waals surface area contributed by atoms with Crippen molar-refractivity contribution in [2.75, 3.05) is 27.9 Å². The van der Waals surface area contributed by atoms with E-state index in [9.17, 15) is 14.0 Å². The first-order chi connectivity index (χ1) is 15.9. The molecule has 8 nitrogen and oxygen atoms in total. The molecule has 4 rings (SSSR count). The highest BCUT2D eigenvalue weighted by Gasteiger charge is 2.23. The maximum Gasteiger partial charge on any atom is 0.267 e. The number of fused-ring (bicyclic) bond motifs is 1. The number of carbonyl (C=O) groups excluding carboxylic acids is 1. The number of hydrogen-bond acceptors (Lipinski definition) is 6. The summed E-state index contributed by atoms with van der Waals surface area (Å²) in [4.78, 5) is 27.1. The minimum atomic E-state index is -0.446. The number of benzene rings is 2. The first kappa shape index (κ1) is 22.3. The van der Waals surface area contributed by atoms with E-state index in [0.717, 1.165) is 15.8 Å². The molecular formula is C24H24FN3O5. The fourth-order valence-corrected chi connectivity index (χ4v) is 3.91. The molecule has 2 heterocycles. The standard InChI is InChI=1S/C24H24FN3O5/c1-31-20-12-17(25)4-5-18(20)19-6-7-23(29)28(26-19)14-24(30)27-9-8-15-10-21(32-2)22(33-3)11-16(15)13-27/h4-7,10-12H,8-9,13-14H2,1-3H3. The van der Waals surface area contributed by atoms with Crippen molar-refractivity contribution in [3.63, 3.8) is 0 Å². The Morgan fingerprint density at radius 2 is 1.67 bits per heavy atom. The van der Waals surface area contributed by atoms with Crippen LogP contribution < -0.4 is 19.8 Å². The Morgan fingerprint density at radius 3 is 2.36 bits per heavy atom. The van der Waals surface area contributed by atoms with Gasteiger partial charge in [0.25, 0.3) is 5.56 Å². The molecule has 3 aromatic rings. The number of methoxy groups -OCH3 is 3. The lowest BCUT2D eigenvalue weighted by atomic mass is 9.98. The fraction of sp³-hybridized carbons (Fsp3) is 0.292. The monoisotopic (exact) mass is 453 g/mol. The molecule has 0 saturated heterocycles. The van der Waals surface area contributed by atoms with Gasteiger partial charge in [-0.15, -0.1) is 0 Å². The molecule has 0 fully saturated rings. The van der Waals surface area contributed by atoms with Crippen LogP contribution in [0.3, 0.4) is 0 Å². The summed E-state index contributed by atoms with van der Waals surface area (Å²) in [6.07, 6.45) is 0.663. The summed E-state index contributed by atoms with van der Waals surface area (Å²) in [5.74, 6) is 0.868. The topological polar surface area (TPSA) is 82.9 Å². The zero-order chi connectivity index (χ0) is 23.5. The van der Waals surface area contributed by atoms with Crippen molar-refractivity contribution in [3.05, 3.63) is 69.8 Å². The van der Waals surface area contributed by atoms with E-state index in [-0.39, 0.29) is 18.2 Å². The van der Waals surface area contributed by atoms with E-state index in [1.807, 2.05) is 12.1 Å². The van der Waals surface area contributed by atoms with Crippen LogP contribution in [0.4, 0.5) is 4.39 Å². The largest absolute Gasteiger partial charge is 0.496 e. The molecular weight excluding hydrogens is 429 g/mol. The number of aromatic nitrogens is 2. The zero-order valence-corrected chi connectivity index (χ0v) is 18.6. The van der Waals surface area contributed by atoms with Crippen LogP contribution >= 0.6 is 0 Å². The number of nitrogens with zero attached hydrogens (tertiary/aromatic N) is 3. The molecule has 2 aromatic carbocycles. The number of ether oxygens (including phenoxy) is 3. The average molecular weight is 453 g/mol. The molecule has 1 aliphatic heterocycles. The highest BCUT2D eigenvalue weighted by Crippen LogP contribution is 2.33. The second-order valence-electron chi connectivity index (χ2n) is 7.60. The molecule has 0 unspecified atom stereocenters. The van der Waals surface area contributed by atoms with Crippen molar-refractivity contribution in [3.8, 4) is 28.5 Å². The first-order valence-electron chi connectivity index (χ1n) is 10.4. The Bertz CT molecular complexity index is 1260. The van der Waals surface area contributed by atoms with Gasteiger partial charge in [-0.05, 0) is 47.9 Å². The third-order valence-electron chi connectivity index (χ3n) is 5.66. The number of carbonyl (C=O) groups is 1. The Kier molecular flexibility index (Phi) is 6.30. The van der Waals surface area contributed by atoms with Gasteiger partial charge in [-0.3, -0.25) is 9.59 Å². The van der Waals surface area contributed by atoms with Gasteiger partial charge in [0.1, 0.15) is 18.1 Å². The molecule has 0 aliphatic carbocycles. The summed E-state index contributed by atoms with van der Waals surface area (Å²) in [7, 11) is 4.58. The molecule has 33 heavy (non-hydrogen) atoms. The summed E-state index contributed by atoms with van der Waals surface area (Å²) >= 11 is 0. The summed E-state index contributed by atoms with van der Waals surface area (Å²) in [5.41, 5.74) is 2.58. The molecule has 0 spiro atoms. The molecule has 1 aliphatic rings. The molecule has 0 radical (unpaired) electrons. The maximum absolute atomic E-state index is 13.5. The molecule has 0 N–H and O–H groups in total. The normalized spacial score (nSPS) is 12.8. The van der Waals surface area contributed by atoms with Gasteiger partial charge in [0.15, 0.2) is 11.5 Å². The minimum absolute atomic E-state index is 0.210. The van der Waals surface area contributed by atoms with E-state index >= 15 is 0 Å². The Balaban J connectivity index is 1.56. The smallest absolute Gasteiger partial charge is 0.267 e. The summed E-state index contributed by atoms with van der Waals surface area (Å²) in [6.45, 7) is 0.703. The van der Waals surface area contributed by atoms with Crippen molar-refractivity contribution in [2.45, 2.75) is 19.5 Å². The van der Waals surface area contributed by atoms with Crippen molar-refractivity contribution in [2.24, 2.45) is 0 Å². The van der Waals surface area contributed by atoms with E-state index in [0.29, 0.717) is 42.3 Å². The lowest BCUT2D eigenvalue weighted by Crippen LogP contribution is -2.40. The lowest BCUT2D eigenvalue weighted by molar-refractivity contribution is -0.133. The third kappa shape index (κ3) is 4.52. The summed E-state index contributed by atoms with van der Waals surface area (Å²) < 4.78 is 30.6. The molecule has 1 amide bonds. The van der Waals surface area contributed by atoms with Crippen molar-refractivity contribution in [1.29, 1.82) is 0 Å². The van der Waals surface area contributed by atoms with E-state index in [2.05, 4.69) is 5.10 Å². The average Bonchev–Trinajstić information content (AvgIpc) is 2.83. The molecule has 0 atom stereocenters. The second-order valence-corrected chi connectivity index (χ2v) is 7.60. The predicted octanol–water partition coefficient (Wildman–Crippen LogP) is 2.66. The van der Waals surface area contributed by atoms with Crippen molar-refractivity contribution >= 4 is 5.91 Å².